The quantitative estimate of drug-likeness (QED) is 0.433. The summed E-state index contributed by atoms with van der Waals surface area (Å²) in [4.78, 5) is 12.7. The standard InChI is InChI=1S/C23H22N4O2S/c1-27-22(20-13-8-14-29-20)25-26-23(27)30-16-21(28)24-19(18-11-6-3-7-12-18)15-17-9-4-2-5-10-17/h2-14,19H,15-16H2,1H3,(H,24,28)/t19-/m0/s1. The van der Waals surface area contributed by atoms with Crippen LogP contribution in [0.25, 0.3) is 11.6 Å². The molecule has 4 rings (SSSR count). The van der Waals surface area contributed by atoms with E-state index in [0.29, 0.717) is 16.7 Å². The number of nitrogens with one attached hydrogen (secondary N) is 1. The van der Waals surface area contributed by atoms with Gasteiger partial charge in [-0.2, -0.15) is 0 Å². The lowest BCUT2D eigenvalue weighted by molar-refractivity contribution is -0.119. The summed E-state index contributed by atoms with van der Waals surface area (Å²) in [6.07, 6.45) is 2.33. The molecule has 6 nitrogen and oxygen atoms in total. The molecule has 1 amide bonds. The molecule has 1 atom stereocenters. The zero-order valence-electron chi connectivity index (χ0n) is 16.6. The number of carbonyl (C=O) groups excluding carboxylic acids is 1. The summed E-state index contributed by atoms with van der Waals surface area (Å²) in [6, 6.07) is 23.8. The second-order valence-corrected chi connectivity index (χ2v) is 7.79. The Kier molecular flexibility index (Phi) is 6.29. The molecule has 30 heavy (non-hydrogen) atoms. The number of nitrogens with zero attached hydrogens (tertiary/aromatic N) is 3. The highest BCUT2D eigenvalue weighted by atomic mass is 32.2. The van der Waals surface area contributed by atoms with Gasteiger partial charge in [0, 0.05) is 7.05 Å². The van der Waals surface area contributed by atoms with Gasteiger partial charge in [0.1, 0.15) is 0 Å². The van der Waals surface area contributed by atoms with E-state index in [4.69, 9.17) is 4.42 Å². The molecule has 1 N–H and O–H groups in total. The number of hydrogen-bond donors (Lipinski definition) is 1. The highest BCUT2D eigenvalue weighted by Crippen LogP contribution is 2.23. The fraction of sp³-hybridized carbons (Fsp3) is 0.174. The van der Waals surface area contributed by atoms with Crippen LogP contribution in [0.2, 0.25) is 0 Å². The molecule has 152 valence electrons. The zero-order valence-corrected chi connectivity index (χ0v) is 17.4. The predicted molar refractivity (Wildman–Crippen MR) is 117 cm³/mol. The maximum absolute atomic E-state index is 12.7. The minimum Gasteiger partial charge on any atom is -0.461 e. The van der Waals surface area contributed by atoms with E-state index in [1.165, 1.54) is 17.3 Å². The summed E-state index contributed by atoms with van der Waals surface area (Å²) in [5, 5.41) is 12.2. The number of hydrogen-bond acceptors (Lipinski definition) is 5. The van der Waals surface area contributed by atoms with Gasteiger partial charge in [-0.05, 0) is 29.7 Å². The summed E-state index contributed by atoms with van der Waals surface area (Å²) in [6.45, 7) is 0. The highest BCUT2D eigenvalue weighted by Gasteiger charge is 2.18. The van der Waals surface area contributed by atoms with Crippen LogP contribution in [0.3, 0.4) is 0 Å². The summed E-state index contributed by atoms with van der Waals surface area (Å²) in [7, 11) is 1.86. The molecule has 0 radical (unpaired) electrons. The van der Waals surface area contributed by atoms with E-state index in [0.717, 1.165) is 12.0 Å². The lowest BCUT2D eigenvalue weighted by atomic mass is 9.99. The molecule has 4 aromatic rings. The minimum absolute atomic E-state index is 0.0488. The third-order valence-corrected chi connectivity index (χ3v) is 5.75. The molecule has 0 spiro atoms. The van der Waals surface area contributed by atoms with Crippen molar-refractivity contribution in [1.82, 2.24) is 20.1 Å². The molecule has 0 aliphatic carbocycles. The Balaban J connectivity index is 1.42. The molecule has 2 heterocycles. The zero-order chi connectivity index (χ0) is 20.8. The Hall–Kier alpha value is -3.32. The van der Waals surface area contributed by atoms with Crippen LogP contribution in [0.15, 0.2) is 88.6 Å². The second-order valence-electron chi connectivity index (χ2n) is 6.85. The summed E-state index contributed by atoms with van der Waals surface area (Å²) >= 11 is 1.35. The molecular formula is C23H22N4O2S. The Morgan fingerprint density at radius 1 is 1.03 bits per heavy atom. The lowest BCUT2D eigenvalue weighted by Crippen LogP contribution is -2.31. The third-order valence-electron chi connectivity index (χ3n) is 4.73. The summed E-state index contributed by atoms with van der Waals surface area (Å²) in [5.74, 6) is 1.48. The lowest BCUT2D eigenvalue weighted by Gasteiger charge is -2.19. The average Bonchev–Trinajstić information content (AvgIpc) is 3.43. The Morgan fingerprint density at radius 3 is 2.47 bits per heavy atom. The molecular weight excluding hydrogens is 396 g/mol. The number of furan rings is 1. The molecule has 0 aliphatic rings. The molecule has 0 fully saturated rings. The molecule has 2 aromatic heterocycles. The van der Waals surface area contributed by atoms with E-state index in [1.54, 1.807) is 12.3 Å². The first-order valence-electron chi connectivity index (χ1n) is 9.65. The van der Waals surface area contributed by atoms with Crippen molar-refractivity contribution in [3.8, 4) is 11.6 Å². The normalized spacial score (nSPS) is 11.9. The number of amides is 1. The first-order valence-corrected chi connectivity index (χ1v) is 10.6. The van der Waals surface area contributed by atoms with E-state index in [2.05, 4.69) is 27.6 Å². The SMILES string of the molecule is Cn1c(SCC(=O)N[C@@H](Cc2ccccc2)c2ccccc2)nnc1-c1ccco1. The van der Waals surface area contributed by atoms with Crippen molar-refractivity contribution < 1.29 is 9.21 Å². The van der Waals surface area contributed by atoms with Crippen molar-refractivity contribution in [3.63, 3.8) is 0 Å². The number of aromatic nitrogens is 3. The Morgan fingerprint density at radius 2 is 1.77 bits per heavy atom. The second kappa shape index (κ2) is 9.45. The average molecular weight is 419 g/mol. The molecule has 0 bridgehead atoms. The number of benzene rings is 2. The van der Waals surface area contributed by atoms with E-state index in [-0.39, 0.29) is 17.7 Å². The first kappa shape index (κ1) is 20.0. The van der Waals surface area contributed by atoms with Gasteiger partial charge < -0.3 is 14.3 Å². The Labute approximate surface area is 179 Å². The fourth-order valence-electron chi connectivity index (χ4n) is 3.21. The molecule has 7 heteroatoms. The topological polar surface area (TPSA) is 73.0 Å². The van der Waals surface area contributed by atoms with Crippen LogP contribution in [0.4, 0.5) is 0 Å². The van der Waals surface area contributed by atoms with E-state index in [9.17, 15) is 4.79 Å². The molecule has 0 aliphatic heterocycles. The van der Waals surface area contributed by atoms with E-state index < -0.39 is 0 Å². The van der Waals surface area contributed by atoms with Crippen LogP contribution in [0.1, 0.15) is 17.2 Å². The van der Waals surface area contributed by atoms with Crippen molar-refractivity contribution in [2.24, 2.45) is 7.05 Å². The van der Waals surface area contributed by atoms with Gasteiger partial charge in [-0.25, -0.2) is 0 Å². The largest absolute Gasteiger partial charge is 0.461 e. The van der Waals surface area contributed by atoms with Crippen molar-refractivity contribution in [1.29, 1.82) is 0 Å². The van der Waals surface area contributed by atoms with Gasteiger partial charge in [0.15, 0.2) is 16.7 Å². The minimum atomic E-state index is -0.0973. The van der Waals surface area contributed by atoms with Gasteiger partial charge in [-0.1, -0.05) is 72.4 Å². The summed E-state index contributed by atoms with van der Waals surface area (Å²) < 4.78 is 7.21. The fourth-order valence-corrected chi connectivity index (χ4v) is 3.94. The maximum Gasteiger partial charge on any atom is 0.230 e. The third kappa shape index (κ3) is 4.80. The van der Waals surface area contributed by atoms with Crippen molar-refractivity contribution in [2.75, 3.05) is 5.75 Å². The van der Waals surface area contributed by atoms with Crippen LogP contribution in [-0.4, -0.2) is 26.4 Å². The molecule has 0 saturated heterocycles. The van der Waals surface area contributed by atoms with Gasteiger partial charge in [-0.15, -0.1) is 10.2 Å². The maximum atomic E-state index is 12.7. The Bertz CT molecular complexity index is 1080. The van der Waals surface area contributed by atoms with Crippen LogP contribution in [0, 0.1) is 0 Å². The van der Waals surface area contributed by atoms with Gasteiger partial charge in [-0.3, -0.25) is 4.79 Å². The van der Waals surface area contributed by atoms with E-state index in [1.807, 2.05) is 66.2 Å². The van der Waals surface area contributed by atoms with Gasteiger partial charge in [0.2, 0.25) is 5.91 Å². The van der Waals surface area contributed by atoms with Crippen LogP contribution in [-0.2, 0) is 18.3 Å². The van der Waals surface area contributed by atoms with E-state index >= 15 is 0 Å². The predicted octanol–water partition coefficient (Wildman–Crippen LogP) is 4.27. The van der Waals surface area contributed by atoms with Crippen LogP contribution < -0.4 is 5.32 Å². The molecule has 0 unspecified atom stereocenters. The molecule has 2 aromatic carbocycles. The van der Waals surface area contributed by atoms with Gasteiger partial charge in [0.25, 0.3) is 0 Å². The van der Waals surface area contributed by atoms with Crippen molar-refractivity contribution in [3.05, 3.63) is 90.2 Å². The van der Waals surface area contributed by atoms with Crippen LogP contribution >= 0.6 is 11.8 Å². The monoisotopic (exact) mass is 418 g/mol. The first-order chi connectivity index (χ1) is 14.7. The molecule has 0 saturated carbocycles. The van der Waals surface area contributed by atoms with Crippen molar-refractivity contribution >= 4 is 17.7 Å². The smallest absolute Gasteiger partial charge is 0.230 e. The number of carbonyl (C=O) groups is 1. The van der Waals surface area contributed by atoms with Crippen molar-refractivity contribution in [2.45, 2.75) is 17.6 Å². The number of thioether (sulfide) groups is 1. The van der Waals surface area contributed by atoms with Crippen LogP contribution in [0.5, 0.6) is 0 Å². The number of rotatable bonds is 8. The summed E-state index contributed by atoms with van der Waals surface area (Å²) in [5.41, 5.74) is 2.26. The van der Waals surface area contributed by atoms with Gasteiger partial charge >= 0.3 is 0 Å². The van der Waals surface area contributed by atoms with Gasteiger partial charge in [0.05, 0.1) is 18.1 Å². The highest BCUT2D eigenvalue weighted by molar-refractivity contribution is 7.99.